The maximum Gasteiger partial charge on any atom is 0.269 e. The van der Waals surface area contributed by atoms with Gasteiger partial charge < -0.3 is 0 Å². The third kappa shape index (κ3) is 2.59. The van der Waals surface area contributed by atoms with E-state index in [1.165, 1.54) is 16.4 Å². The highest BCUT2D eigenvalue weighted by Gasteiger charge is 2.56. The highest BCUT2D eigenvalue weighted by molar-refractivity contribution is 7.89. The van der Waals surface area contributed by atoms with Crippen LogP contribution < -0.4 is 0 Å². The molecule has 2 unspecified atom stereocenters. The molecule has 1 aliphatic carbocycles. The Morgan fingerprint density at radius 1 is 1.12 bits per heavy atom. The van der Waals surface area contributed by atoms with Gasteiger partial charge in [0.1, 0.15) is 0 Å². The number of allylic oxidation sites excluding steroid dienone is 1. The fourth-order valence-corrected chi connectivity index (χ4v) is 4.99. The van der Waals surface area contributed by atoms with Crippen molar-refractivity contribution in [2.75, 3.05) is 6.54 Å². The summed E-state index contributed by atoms with van der Waals surface area (Å²) in [4.78, 5) is 10.7. The van der Waals surface area contributed by atoms with Gasteiger partial charge >= 0.3 is 0 Å². The van der Waals surface area contributed by atoms with Crippen LogP contribution in [0.15, 0.2) is 65.7 Å². The lowest BCUT2D eigenvalue weighted by Crippen LogP contribution is -2.32. The van der Waals surface area contributed by atoms with Gasteiger partial charge in [0.25, 0.3) is 15.7 Å². The summed E-state index contributed by atoms with van der Waals surface area (Å²) in [6, 6.07) is 13.4. The van der Waals surface area contributed by atoms with Crippen molar-refractivity contribution in [3.8, 4) is 0 Å². The molecule has 1 saturated carbocycles. The summed E-state index contributed by atoms with van der Waals surface area (Å²) >= 11 is 0. The van der Waals surface area contributed by atoms with E-state index in [1.54, 1.807) is 42.6 Å². The van der Waals surface area contributed by atoms with E-state index in [0.717, 1.165) is 17.5 Å². The monoisotopic (exact) mass is 370 g/mol. The number of nitro benzene ring substituents is 1. The SMILES string of the molecule is Cc1ccc(S(=O)(=O)N2C=CC3(c4ccc([N+](=O)[O-])cc4)CC3C2)cc1. The minimum Gasteiger partial charge on any atom is -0.273 e. The number of hydrogen-bond acceptors (Lipinski definition) is 4. The van der Waals surface area contributed by atoms with Crippen molar-refractivity contribution in [2.24, 2.45) is 5.92 Å². The van der Waals surface area contributed by atoms with Crippen LogP contribution in [0.1, 0.15) is 17.5 Å². The third-order valence-electron chi connectivity index (χ3n) is 5.33. The number of benzene rings is 2. The first-order chi connectivity index (χ1) is 12.3. The predicted molar refractivity (Wildman–Crippen MR) is 97.1 cm³/mol. The van der Waals surface area contributed by atoms with Crippen LogP contribution in [0.4, 0.5) is 5.69 Å². The Bertz CT molecular complexity index is 997. The number of rotatable bonds is 4. The molecule has 1 aliphatic heterocycles. The van der Waals surface area contributed by atoms with Crippen molar-refractivity contribution in [2.45, 2.75) is 23.7 Å². The molecule has 1 fully saturated rings. The molecule has 0 spiro atoms. The molecule has 1 heterocycles. The zero-order chi connectivity index (χ0) is 18.5. The number of sulfonamides is 1. The Morgan fingerprint density at radius 2 is 1.77 bits per heavy atom. The number of fused-ring (bicyclic) bond motifs is 1. The average molecular weight is 370 g/mol. The lowest BCUT2D eigenvalue weighted by Gasteiger charge is -2.27. The van der Waals surface area contributed by atoms with Crippen LogP contribution in [-0.2, 0) is 15.4 Å². The first-order valence-electron chi connectivity index (χ1n) is 8.36. The van der Waals surface area contributed by atoms with Crippen molar-refractivity contribution >= 4 is 15.7 Å². The quantitative estimate of drug-likeness (QED) is 0.610. The highest BCUT2D eigenvalue weighted by Crippen LogP contribution is 2.58. The molecule has 2 aromatic rings. The number of nitrogens with zero attached hydrogens (tertiary/aromatic N) is 2. The van der Waals surface area contributed by atoms with E-state index in [-0.39, 0.29) is 21.9 Å². The summed E-state index contributed by atoms with van der Waals surface area (Å²) < 4.78 is 27.0. The van der Waals surface area contributed by atoms with E-state index < -0.39 is 14.9 Å². The lowest BCUT2D eigenvalue weighted by molar-refractivity contribution is -0.384. The first kappa shape index (κ1) is 16.8. The molecule has 134 valence electrons. The summed E-state index contributed by atoms with van der Waals surface area (Å²) in [6.45, 7) is 2.34. The molecule has 0 amide bonds. The van der Waals surface area contributed by atoms with Gasteiger partial charge in [0, 0.05) is 30.3 Å². The fourth-order valence-electron chi connectivity index (χ4n) is 3.64. The number of aryl methyl sites for hydroxylation is 1. The van der Waals surface area contributed by atoms with Gasteiger partial charge in [-0.3, -0.25) is 14.4 Å². The van der Waals surface area contributed by atoms with Crippen molar-refractivity contribution < 1.29 is 13.3 Å². The largest absolute Gasteiger partial charge is 0.273 e. The van der Waals surface area contributed by atoms with Crippen LogP contribution in [0, 0.1) is 23.0 Å². The summed E-state index contributed by atoms with van der Waals surface area (Å²) in [7, 11) is -3.55. The smallest absolute Gasteiger partial charge is 0.269 e. The minimum atomic E-state index is -3.55. The van der Waals surface area contributed by atoms with Gasteiger partial charge in [-0.1, -0.05) is 35.9 Å². The Labute approximate surface area is 152 Å². The summed E-state index contributed by atoms with van der Waals surface area (Å²) in [5, 5.41) is 10.8. The minimum absolute atomic E-state index is 0.0608. The Kier molecular flexibility index (Phi) is 3.66. The maximum atomic E-state index is 12.8. The van der Waals surface area contributed by atoms with Crippen LogP contribution in [0.25, 0.3) is 0 Å². The molecule has 0 radical (unpaired) electrons. The standard InChI is InChI=1S/C19H18N2O4S/c1-14-2-8-18(9-3-14)26(24,25)20-11-10-19(12-16(19)13-20)15-4-6-17(7-5-15)21(22)23/h2-11,16H,12-13H2,1H3. The van der Waals surface area contributed by atoms with Crippen LogP contribution >= 0.6 is 0 Å². The van der Waals surface area contributed by atoms with Crippen LogP contribution in [0.2, 0.25) is 0 Å². The van der Waals surface area contributed by atoms with E-state index in [2.05, 4.69) is 0 Å². The second kappa shape index (κ2) is 5.67. The third-order valence-corrected chi connectivity index (χ3v) is 7.09. The van der Waals surface area contributed by atoms with Gasteiger partial charge in [-0.25, -0.2) is 8.42 Å². The number of hydrogen-bond donors (Lipinski definition) is 0. The predicted octanol–water partition coefficient (Wildman–Crippen LogP) is 3.38. The molecule has 0 saturated heterocycles. The van der Waals surface area contributed by atoms with Gasteiger partial charge in [-0.15, -0.1) is 0 Å². The molecular formula is C19H18N2O4S. The summed E-state index contributed by atoms with van der Waals surface area (Å²) in [6.07, 6.45) is 4.41. The normalized spacial score (nSPS) is 24.2. The number of nitro groups is 1. The van der Waals surface area contributed by atoms with Gasteiger partial charge in [0.15, 0.2) is 0 Å². The van der Waals surface area contributed by atoms with E-state index in [0.29, 0.717) is 6.54 Å². The zero-order valence-electron chi connectivity index (χ0n) is 14.2. The average Bonchev–Trinajstić information content (AvgIpc) is 3.37. The van der Waals surface area contributed by atoms with Gasteiger partial charge in [-0.05, 0) is 37.0 Å². The summed E-state index contributed by atoms with van der Waals surface area (Å²) in [5.74, 6) is 0.189. The number of non-ortho nitro benzene ring substituents is 1. The lowest BCUT2D eigenvalue weighted by atomic mass is 9.91. The van der Waals surface area contributed by atoms with Crippen LogP contribution in [-0.4, -0.2) is 24.2 Å². The molecule has 4 rings (SSSR count). The maximum absolute atomic E-state index is 12.8. The van der Waals surface area contributed by atoms with Crippen molar-refractivity contribution in [1.82, 2.24) is 4.31 Å². The van der Waals surface area contributed by atoms with Gasteiger partial charge in [-0.2, -0.15) is 0 Å². The van der Waals surface area contributed by atoms with Crippen molar-refractivity contribution in [3.05, 3.63) is 82.0 Å². The van der Waals surface area contributed by atoms with E-state index in [4.69, 9.17) is 0 Å². The Hall–Kier alpha value is -2.67. The Morgan fingerprint density at radius 3 is 2.35 bits per heavy atom. The molecule has 7 heteroatoms. The molecule has 2 aromatic carbocycles. The van der Waals surface area contributed by atoms with Gasteiger partial charge in [0.2, 0.25) is 0 Å². The van der Waals surface area contributed by atoms with Crippen molar-refractivity contribution in [3.63, 3.8) is 0 Å². The molecular weight excluding hydrogens is 352 g/mol. The molecule has 6 nitrogen and oxygen atoms in total. The molecule has 0 N–H and O–H groups in total. The molecule has 0 aromatic heterocycles. The zero-order valence-corrected chi connectivity index (χ0v) is 15.0. The summed E-state index contributed by atoms with van der Waals surface area (Å²) in [5.41, 5.74) is 1.87. The molecule has 2 aliphatic rings. The van der Waals surface area contributed by atoms with E-state index in [9.17, 15) is 18.5 Å². The Balaban J connectivity index is 1.59. The first-order valence-corrected chi connectivity index (χ1v) is 9.80. The van der Waals surface area contributed by atoms with E-state index in [1.807, 2.05) is 13.0 Å². The second-order valence-corrected chi connectivity index (χ2v) is 8.84. The second-order valence-electron chi connectivity index (χ2n) is 6.95. The van der Waals surface area contributed by atoms with Gasteiger partial charge in [0.05, 0.1) is 9.82 Å². The van der Waals surface area contributed by atoms with E-state index >= 15 is 0 Å². The van der Waals surface area contributed by atoms with Crippen LogP contribution in [0.3, 0.4) is 0 Å². The molecule has 26 heavy (non-hydrogen) atoms. The van der Waals surface area contributed by atoms with Crippen molar-refractivity contribution in [1.29, 1.82) is 0 Å². The fraction of sp³-hybridized carbons (Fsp3) is 0.263. The molecule has 2 atom stereocenters. The van der Waals surface area contributed by atoms with Crippen LogP contribution in [0.5, 0.6) is 0 Å². The highest BCUT2D eigenvalue weighted by atomic mass is 32.2. The topological polar surface area (TPSA) is 80.5 Å². The molecule has 0 bridgehead atoms.